The zero-order valence-corrected chi connectivity index (χ0v) is 13.3. The van der Waals surface area contributed by atoms with Gasteiger partial charge in [-0.2, -0.15) is 0 Å². The molecule has 0 fully saturated rings. The van der Waals surface area contributed by atoms with Crippen molar-refractivity contribution >= 4 is 11.7 Å². The van der Waals surface area contributed by atoms with E-state index in [9.17, 15) is 4.79 Å². The van der Waals surface area contributed by atoms with E-state index in [0.717, 1.165) is 12.1 Å². The number of hydrogen-bond donors (Lipinski definition) is 2. The molecule has 0 aromatic carbocycles. The number of carbonyl (C=O) groups excluding carboxylic acids is 1. The molecule has 0 aliphatic carbocycles. The Morgan fingerprint density at radius 3 is 2.50 bits per heavy atom. The number of pyridine rings is 1. The van der Waals surface area contributed by atoms with Crippen molar-refractivity contribution in [2.45, 2.75) is 52.5 Å². The lowest BCUT2D eigenvalue weighted by Gasteiger charge is -2.35. The van der Waals surface area contributed by atoms with Gasteiger partial charge in [-0.3, -0.25) is 4.79 Å². The first-order chi connectivity index (χ1) is 9.22. The van der Waals surface area contributed by atoms with Crippen molar-refractivity contribution in [3.63, 3.8) is 0 Å². The van der Waals surface area contributed by atoms with Gasteiger partial charge in [0, 0.05) is 23.8 Å². The molecule has 0 radical (unpaired) electrons. The minimum atomic E-state index is -0.186. The molecule has 1 amide bonds. The molecule has 20 heavy (non-hydrogen) atoms. The third kappa shape index (κ3) is 3.48. The largest absolute Gasteiger partial charge is 0.337 e. The Balaban J connectivity index is 3.18. The highest BCUT2D eigenvalue weighted by molar-refractivity contribution is 5.95. The molecule has 1 aromatic rings. The minimum Gasteiger partial charge on any atom is -0.337 e. The van der Waals surface area contributed by atoms with Crippen LogP contribution in [0.25, 0.3) is 0 Å². The van der Waals surface area contributed by atoms with E-state index in [2.05, 4.69) is 31.2 Å². The second-order valence-corrected chi connectivity index (χ2v) is 6.00. The maximum absolute atomic E-state index is 12.6. The maximum atomic E-state index is 12.6. The smallest absolute Gasteiger partial charge is 0.254 e. The van der Waals surface area contributed by atoms with Crippen LogP contribution in [-0.4, -0.2) is 28.4 Å². The molecule has 1 aromatic heterocycles. The van der Waals surface area contributed by atoms with E-state index in [1.54, 1.807) is 11.0 Å². The topological polar surface area (TPSA) is 71.2 Å². The average molecular weight is 278 g/mol. The normalized spacial score (nSPS) is 11.6. The number of hydrazine groups is 1. The molecule has 112 valence electrons. The zero-order valence-electron chi connectivity index (χ0n) is 13.3. The lowest BCUT2D eigenvalue weighted by Crippen LogP contribution is -2.44. The summed E-state index contributed by atoms with van der Waals surface area (Å²) in [7, 11) is 1.83. The molecule has 5 nitrogen and oxygen atoms in total. The number of carbonyl (C=O) groups is 1. The van der Waals surface area contributed by atoms with E-state index in [1.165, 1.54) is 0 Å². The van der Waals surface area contributed by atoms with Crippen molar-refractivity contribution < 1.29 is 4.79 Å². The van der Waals surface area contributed by atoms with Gasteiger partial charge in [0.25, 0.3) is 5.91 Å². The van der Waals surface area contributed by atoms with Crippen LogP contribution in [0.5, 0.6) is 0 Å². The summed E-state index contributed by atoms with van der Waals surface area (Å²) in [6.07, 6.45) is 0.888. The van der Waals surface area contributed by atoms with Crippen LogP contribution < -0.4 is 11.3 Å². The van der Waals surface area contributed by atoms with Crippen LogP contribution in [0.15, 0.2) is 12.1 Å². The fraction of sp³-hybridized carbons (Fsp3) is 0.600. The fourth-order valence-corrected chi connectivity index (χ4v) is 1.75. The molecule has 1 heterocycles. The highest BCUT2D eigenvalue weighted by atomic mass is 16.2. The Kier molecular flexibility index (Phi) is 5.11. The number of nitrogens with one attached hydrogen (secondary N) is 1. The first-order valence-electron chi connectivity index (χ1n) is 6.99. The van der Waals surface area contributed by atoms with E-state index in [1.807, 2.05) is 27.0 Å². The first kappa shape index (κ1) is 16.4. The number of aromatic nitrogens is 1. The molecule has 0 atom stereocenters. The summed E-state index contributed by atoms with van der Waals surface area (Å²) >= 11 is 0. The van der Waals surface area contributed by atoms with E-state index in [-0.39, 0.29) is 17.4 Å². The monoisotopic (exact) mass is 278 g/mol. The van der Waals surface area contributed by atoms with Crippen LogP contribution in [0.3, 0.4) is 0 Å². The second kappa shape index (κ2) is 6.22. The third-order valence-corrected chi connectivity index (χ3v) is 3.91. The maximum Gasteiger partial charge on any atom is 0.254 e. The Bertz CT molecular complexity index is 483. The SMILES string of the molecule is CCC(C)(C)N(C)C(=O)c1cc(NN)nc(C(C)C)c1. The van der Waals surface area contributed by atoms with Gasteiger partial charge in [0.05, 0.1) is 0 Å². The van der Waals surface area contributed by atoms with Crippen LogP contribution >= 0.6 is 0 Å². The van der Waals surface area contributed by atoms with Gasteiger partial charge in [0.1, 0.15) is 5.82 Å². The number of anilines is 1. The number of amides is 1. The number of nitrogens with zero attached hydrogens (tertiary/aromatic N) is 2. The lowest BCUT2D eigenvalue weighted by atomic mass is 9.98. The Hall–Kier alpha value is -1.62. The van der Waals surface area contributed by atoms with E-state index < -0.39 is 0 Å². The number of nitrogens with two attached hydrogens (primary N) is 1. The van der Waals surface area contributed by atoms with E-state index >= 15 is 0 Å². The molecular formula is C15H26N4O. The van der Waals surface area contributed by atoms with Crippen LogP contribution in [0.1, 0.15) is 63.0 Å². The fourth-order valence-electron chi connectivity index (χ4n) is 1.75. The van der Waals surface area contributed by atoms with Gasteiger partial charge in [-0.25, -0.2) is 10.8 Å². The molecule has 0 saturated heterocycles. The summed E-state index contributed by atoms with van der Waals surface area (Å²) in [5.41, 5.74) is 3.81. The third-order valence-electron chi connectivity index (χ3n) is 3.91. The van der Waals surface area contributed by atoms with Gasteiger partial charge >= 0.3 is 0 Å². The van der Waals surface area contributed by atoms with Crippen LogP contribution in [-0.2, 0) is 0 Å². The summed E-state index contributed by atoms with van der Waals surface area (Å²) in [5.74, 6) is 6.17. The average Bonchev–Trinajstić information content (AvgIpc) is 2.44. The molecule has 0 saturated carbocycles. The van der Waals surface area contributed by atoms with Gasteiger partial charge < -0.3 is 10.3 Å². The summed E-state index contributed by atoms with van der Waals surface area (Å²) < 4.78 is 0. The number of hydrogen-bond acceptors (Lipinski definition) is 4. The van der Waals surface area contributed by atoms with Crippen LogP contribution in [0, 0.1) is 0 Å². The zero-order chi connectivity index (χ0) is 15.5. The van der Waals surface area contributed by atoms with Crippen molar-refractivity contribution in [1.82, 2.24) is 9.88 Å². The van der Waals surface area contributed by atoms with Crippen molar-refractivity contribution in [3.8, 4) is 0 Å². The summed E-state index contributed by atoms with van der Waals surface area (Å²) in [6.45, 7) is 10.3. The predicted octanol–water partition coefficient (Wildman–Crippen LogP) is 2.75. The number of rotatable bonds is 5. The van der Waals surface area contributed by atoms with Crippen LogP contribution in [0.4, 0.5) is 5.82 Å². The van der Waals surface area contributed by atoms with Crippen LogP contribution in [0.2, 0.25) is 0 Å². The van der Waals surface area contributed by atoms with Gasteiger partial charge in [-0.15, -0.1) is 0 Å². The minimum absolute atomic E-state index is 0.0161. The molecule has 1 rings (SSSR count). The molecule has 0 aliphatic rings. The Morgan fingerprint density at radius 2 is 2.05 bits per heavy atom. The van der Waals surface area contributed by atoms with Crippen molar-refractivity contribution in [1.29, 1.82) is 0 Å². The second-order valence-electron chi connectivity index (χ2n) is 6.00. The lowest BCUT2D eigenvalue weighted by molar-refractivity contribution is 0.0620. The highest BCUT2D eigenvalue weighted by Gasteiger charge is 2.27. The summed E-state index contributed by atoms with van der Waals surface area (Å²) in [5, 5.41) is 0. The predicted molar refractivity (Wildman–Crippen MR) is 82.6 cm³/mol. The van der Waals surface area contributed by atoms with E-state index in [0.29, 0.717) is 11.4 Å². The standard InChI is InChI=1S/C15H26N4O/c1-7-15(4,5)19(6)14(20)11-8-12(10(2)3)17-13(9-11)18-16/h8-10H,7,16H2,1-6H3,(H,17,18). The molecular weight excluding hydrogens is 252 g/mol. The molecule has 5 heteroatoms. The number of nitrogen functional groups attached to an aromatic ring is 1. The highest BCUT2D eigenvalue weighted by Crippen LogP contribution is 2.22. The van der Waals surface area contributed by atoms with Gasteiger partial charge in [-0.05, 0) is 38.3 Å². The van der Waals surface area contributed by atoms with Gasteiger partial charge in [0.2, 0.25) is 0 Å². The molecule has 0 bridgehead atoms. The Labute approximate surface area is 121 Å². The molecule has 0 unspecified atom stereocenters. The van der Waals surface area contributed by atoms with Gasteiger partial charge in [0.15, 0.2) is 0 Å². The molecule has 0 spiro atoms. The quantitative estimate of drug-likeness (QED) is 0.642. The molecule has 0 aliphatic heterocycles. The Morgan fingerprint density at radius 1 is 1.45 bits per heavy atom. The first-order valence-corrected chi connectivity index (χ1v) is 6.99. The summed E-state index contributed by atoms with van der Waals surface area (Å²) in [4.78, 5) is 18.8. The van der Waals surface area contributed by atoms with Gasteiger partial charge in [-0.1, -0.05) is 20.8 Å². The molecule has 3 N–H and O–H groups in total. The van der Waals surface area contributed by atoms with E-state index in [4.69, 9.17) is 5.84 Å². The van der Waals surface area contributed by atoms with Crippen molar-refractivity contribution in [3.05, 3.63) is 23.4 Å². The summed E-state index contributed by atoms with van der Waals surface area (Å²) in [6, 6.07) is 3.53. The van der Waals surface area contributed by atoms with Crippen molar-refractivity contribution in [2.75, 3.05) is 12.5 Å². The van der Waals surface area contributed by atoms with Crippen molar-refractivity contribution in [2.24, 2.45) is 5.84 Å².